The molecule has 0 fully saturated rings. The van der Waals surface area contributed by atoms with Crippen LogP contribution in [0.15, 0.2) is 83.8 Å². The molecule has 0 unspecified atom stereocenters. The van der Waals surface area contributed by atoms with Gasteiger partial charge in [-0.05, 0) is 49.1 Å². The van der Waals surface area contributed by atoms with E-state index in [1.165, 1.54) is 23.1 Å². The molecule has 0 radical (unpaired) electrons. The molecule has 208 valence electrons. The Hall–Kier alpha value is -3.07. The van der Waals surface area contributed by atoms with Crippen molar-refractivity contribution in [3.8, 4) is 0 Å². The zero-order valence-electron chi connectivity index (χ0n) is 22.0. The summed E-state index contributed by atoms with van der Waals surface area (Å²) in [5.41, 5.74) is 1.07. The molecule has 0 aliphatic carbocycles. The largest absolute Gasteiger partial charge is 0.354 e. The molecule has 0 bridgehead atoms. The summed E-state index contributed by atoms with van der Waals surface area (Å²) in [7, 11) is -4.21. The Balaban J connectivity index is 2.03. The number of carbonyl (C=O) groups excluding carboxylic acids is 2. The number of sulfonamides is 1. The summed E-state index contributed by atoms with van der Waals surface area (Å²) in [6, 6.07) is 21.2. The minimum Gasteiger partial charge on any atom is -0.354 e. The van der Waals surface area contributed by atoms with Crippen LogP contribution in [0.3, 0.4) is 0 Å². The van der Waals surface area contributed by atoms with Crippen LogP contribution in [0, 0.1) is 0 Å². The van der Waals surface area contributed by atoms with Gasteiger partial charge >= 0.3 is 0 Å². The van der Waals surface area contributed by atoms with Crippen LogP contribution >= 0.6 is 23.2 Å². The second-order valence-corrected chi connectivity index (χ2v) is 11.6. The number of amides is 2. The molecule has 1 atom stereocenters. The first-order chi connectivity index (χ1) is 18.7. The van der Waals surface area contributed by atoms with Crippen molar-refractivity contribution in [2.75, 3.05) is 23.9 Å². The molecule has 3 rings (SSSR count). The van der Waals surface area contributed by atoms with Gasteiger partial charge in [-0.25, -0.2) is 8.42 Å². The number of carbonyl (C=O) groups is 2. The quantitative estimate of drug-likeness (QED) is 0.282. The fraction of sp³-hybridized carbons (Fsp3) is 0.310. The summed E-state index contributed by atoms with van der Waals surface area (Å²) in [6.07, 6.45) is 1.60. The molecule has 2 amide bonds. The minimum atomic E-state index is -4.21. The van der Waals surface area contributed by atoms with Crippen molar-refractivity contribution in [2.24, 2.45) is 0 Å². The van der Waals surface area contributed by atoms with Gasteiger partial charge in [0, 0.05) is 13.1 Å². The van der Waals surface area contributed by atoms with Crippen LogP contribution in [0.5, 0.6) is 0 Å². The number of rotatable bonds is 13. The van der Waals surface area contributed by atoms with Crippen LogP contribution in [0.2, 0.25) is 10.0 Å². The zero-order chi connectivity index (χ0) is 28.4. The van der Waals surface area contributed by atoms with Crippen molar-refractivity contribution < 1.29 is 18.0 Å². The average molecular weight is 591 g/mol. The van der Waals surface area contributed by atoms with E-state index >= 15 is 0 Å². The lowest BCUT2D eigenvalue weighted by Gasteiger charge is -2.33. The monoisotopic (exact) mass is 589 g/mol. The smallest absolute Gasteiger partial charge is 0.264 e. The topological polar surface area (TPSA) is 86.8 Å². The highest BCUT2D eigenvalue weighted by molar-refractivity contribution is 7.92. The number of hydrogen-bond donors (Lipinski definition) is 1. The molecule has 39 heavy (non-hydrogen) atoms. The van der Waals surface area contributed by atoms with Crippen molar-refractivity contribution in [1.29, 1.82) is 0 Å². The standard InChI is InChI=1S/C29H33Cl2N3O4S/c1-3-19-32-29(36)25(4-2)33(20-18-22-12-7-5-8-13-22)27(35)21-34(26-17-11-16-24(30)28(26)31)39(37,38)23-14-9-6-10-15-23/h5-17,25H,3-4,18-21H2,1-2H3,(H,32,36)/t25-/m0/s1. The molecular weight excluding hydrogens is 557 g/mol. The summed E-state index contributed by atoms with van der Waals surface area (Å²) in [5.74, 6) is -0.806. The summed E-state index contributed by atoms with van der Waals surface area (Å²) in [5, 5.41) is 3.03. The lowest BCUT2D eigenvalue weighted by molar-refractivity contribution is -0.139. The van der Waals surface area contributed by atoms with E-state index in [1.807, 2.05) is 44.2 Å². The van der Waals surface area contributed by atoms with Crippen LogP contribution in [0.4, 0.5) is 5.69 Å². The number of nitrogens with one attached hydrogen (secondary N) is 1. The molecule has 0 saturated heterocycles. The van der Waals surface area contributed by atoms with Crippen molar-refractivity contribution in [2.45, 2.75) is 44.0 Å². The van der Waals surface area contributed by atoms with E-state index in [0.717, 1.165) is 16.3 Å². The minimum absolute atomic E-state index is 0.00240. The molecule has 1 N–H and O–H groups in total. The third-order valence-corrected chi connectivity index (χ3v) is 8.81. The number of benzene rings is 3. The van der Waals surface area contributed by atoms with Gasteiger partial charge in [-0.2, -0.15) is 0 Å². The van der Waals surface area contributed by atoms with Gasteiger partial charge in [0.15, 0.2) is 0 Å². The second-order valence-electron chi connectivity index (χ2n) is 8.94. The molecule has 7 nitrogen and oxygen atoms in total. The molecule has 3 aromatic rings. The van der Waals surface area contributed by atoms with Crippen LogP contribution in [-0.4, -0.2) is 50.8 Å². The lowest BCUT2D eigenvalue weighted by atomic mass is 10.1. The summed E-state index contributed by atoms with van der Waals surface area (Å²) < 4.78 is 28.6. The van der Waals surface area contributed by atoms with Crippen molar-refractivity contribution >= 4 is 50.7 Å². The van der Waals surface area contributed by atoms with Gasteiger partial charge in [0.2, 0.25) is 11.8 Å². The van der Waals surface area contributed by atoms with E-state index < -0.39 is 28.5 Å². The van der Waals surface area contributed by atoms with E-state index in [0.29, 0.717) is 19.4 Å². The molecule has 10 heteroatoms. The third kappa shape index (κ3) is 7.75. The maximum absolute atomic E-state index is 14.0. The van der Waals surface area contributed by atoms with Crippen LogP contribution in [-0.2, 0) is 26.0 Å². The zero-order valence-corrected chi connectivity index (χ0v) is 24.3. The predicted molar refractivity (Wildman–Crippen MR) is 157 cm³/mol. The SMILES string of the molecule is CCCNC(=O)[C@H](CC)N(CCc1ccccc1)C(=O)CN(c1cccc(Cl)c1Cl)S(=O)(=O)c1ccccc1. The molecule has 0 aliphatic rings. The van der Waals surface area contributed by atoms with Crippen molar-refractivity contribution in [3.63, 3.8) is 0 Å². The fourth-order valence-corrected chi connectivity index (χ4v) is 6.07. The van der Waals surface area contributed by atoms with E-state index in [-0.39, 0.29) is 33.1 Å². The second kappa shape index (κ2) is 14.4. The normalized spacial score (nSPS) is 12.0. The third-order valence-electron chi connectivity index (χ3n) is 6.23. The first-order valence-corrected chi connectivity index (χ1v) is 15.0. The average Bonchev–Trinajstić information content (AvgIpc) is 2.95. The van der Waals surface area contributed by atoms with Crippen LogP contribution in [0.25, 0.3) is 0 Å². The van der Waals surface area contributed by atoms with Crippen LogP contribution in [0.1, 0.15) is 32.3 Å². The molecule has 0 spiro atoms. The maximum Gasteiger partial charge on any atom is 0.264 e. The van der Waals surface area contributed by atoms with Gasteiger partial charge in [-0.3, -0.25) is 13.9 Å². The fourth-order valence-electron chi connectivity index (χ4n) is 4.18. The van der Waals surface area contributed by atoms with E-state index in [2.05, 4.69) is 5.32 Å². The molecular formula is C29H33Cl2N3O4S. The Bertz CT molecular complexity index is 1360. The Morgan fingerprint density at radius 1 is 0.897 bits per heavy atom. The van der Waals surface area contributed by atoms with Crippen molar-refractivity contribution in [3.05, 3.63) is 94.5 Å². The van der Waals surface area contributed by atoms with Gasteiger partial charge < -0.3 is 10.2 Å². The molecule has 0 aromatic heterocycles. The highest BCUT2D eigenvalue weighted by Gasteiger charge is 2.34. The van der Waals surface area contributed by atoms with Gasteiger partial charge in [0.1, 0.15) is 12.6 Å². The summed E-state index contributed by atoms with van der Waals surface area (Å²) in [6.45, 7) is 3.90. The summed E-state index contributed by atoms with van der Waals surface area (Å²) >= 11 is 12.7. The predicted octanol–water partition coefficient (Wildman–Crippen LogP) is 5.56. The molecule has 3 aromatic carbocycles. The van der Waals surface area contributed by atoms with Crippen molar-refractivity contribution in [1.82, 2.24) is 10.2 Å². The van der Waals surface area contributed by atoms with E-state index in [4.69, 9.17) is 23.2 Å². The molecule has 0 saturated carbocycles. The van der Waals surface area contributed by atoms with Gasteiger partial charge in [-0.1, -0.05) is 91.6 Å². The lowest BCUT2D eigenvalue weighted by Crippen LogP contribution is -2.53. The first kappa shape index (κ1) is 30.5. The summed E-state index contributed by atoms with van der Waals surface area (Å²) in [4.78, 5) is 28.5. The highest BCUT2D eigenvalue weighted by Crippen LogP contribution is 2.35. The highest BCUT2D eigenvalue weighted by atomic mass is 35.5. The van der Waals surface area contributed by atoms with Crippen LogP contribution < -0.4 is 9.62 Å². The van der Waals surface area contributed by atoms with E-state index in [9.17, 15) is 18.0 Å². The Kier molecular flexibility index (Phi) is 11.2. The Morgan fingerprint density at radius 2 is 1.54 bits per heavy atom. The van der Waals surface area contributed by atoms with Gasteiger partial charge in [0.25, 0.3) is 10.0 Å². The van der Waals surface area contributed by atoms with Gasteiger partial charge in [-0.15, -0.1) is 0 Å². The number of nitrogens with zero attached hydrogens (tertiary/aromatic N) is 2. The number of hydrogen-bond acceptors (Lipinski definition) is 4. The maximum atomic E-state index is 14.0. The molecule has 0 aliphatic heterocycles. The molecule has 0 heterocycles. The number of anilines is 1. The van der Waals surface area contributed by atoms with E-state index in [1.54, 1.807) is 30.3 Å². The number of halogens is 2. The Morgan fingerprint density at radius 3 is 2.15 bits per heavy atom. The Labute approximate surface area is 240 Å². The first-order valence-electron chi connectivity index (χ1n) is 12.8. The van der Waals surface area contributed by atoms with Gasteiger partial charge in [0.05, 0.1) is 20.6 Å².